The summed E-state index contributed by atoms with van der Waals surface area (Å²) in [5.74, 6) is -0.916. The van der Waals surface area contributed by atoms with E-state index in [-0.39, 0.29) is 17.3 Å². The predicted molar refractivity (Wildman–Crippen MR) is 67.4 cm³/mol. The molecule has 2 rings (SSSR count). The van der Waals surface area contributed by atoms with E-state index in [1.807, 2.05) is 0 Å². The molecule has 0 saturated heterocycles. The summed E-state index contributed by atoms with van der Waals surface area (Å²) < 4.78 is 39.4. The number of nitrogens with two attached hydrogens (primary N) is 1. The summed E-state index contributed by atoms with van der Waals surface area (Å²) in [6.07, 6.45) is 1.64. The number of carbonyl (C=O) groups excluding carboxylic acids is 1. The van der Waals surface area contributed by atoms with E-state index in [1.165, 1.54) is 13.0 Å². The molecule has 19 heavy (non-hydrogen) atoms. The van der Waals surface area contributed by atoms with Crippen LogP contribution in [0.25, 0.3) is 0 Å². The highest BCUT2D eigenvalue weighted by Crippen LogP contribution is 2.22. The van der Waals surface area contributed by atoms with Gasteiger partial charge >= 0.3 is 6.03 Å². The first-order chi connectivity index (χ1) is 8.79. The van der Waals surface area contributed by atoms with Crippen molar-refractivity contribution < 1.29 is 17.6 Å². The van der Waals surface area contributed by atoms with Gasteiger partial charge in [-0.25, -0.2) is 22.3 Å². The van der Waals surface area contributed by atoms with Gasteiger partial charge in [0.1, 0.15) is 10.7 Å². The van der Waals surface area contributed by atoms with E-state index in [4.69, 9.17) is 5.73 Å². The van der Waals surface area contributed by atoms with Crippen LogP contribution in [0.1, 0.15) is 18.4 Å². The number of hydrogen-bond donors (Lipinski definition) is 3. The second-order valence-electron chi connectivity index (χ2n) is 4.50. The Morgan fingerprint density at radius 1 is 1.42 bits per heavy atom. The SMILES string of the molecule is Cc1cc(N)cc(S(=O)(=O)NC(=O)NC2CC2)c1F. The van der Waals surface area contributed by atoms with Crippen LogP contribution < -0.4 is 15.8 Å². The Bertz CT molecular complexity index is 626. The largest absolute Gasteiger partial charge is 0.399 e. The molecule has 0 bridgehead atoms. The maximum Gasteiger partial charge on any atom is 0.328 e. The molecule has 1 saturated carbocycles. The topological polar surface area (TPSA) is 101 Å². The van der Waals surface area contributed by atoms with Gasteiger partial charge in [0.25, 0.3) is 10.0 Å². The van der Waals surface area contributed by atoms with Gasteiger partial charge in [-0.15, -0.1) is 0 Å². The summed E-state index contributed by atoms with van der Waals surface area (Å²) in [6.45, 7) is 1.40. The smallest absolute Gasteiger partial charge is 0.328 e. The Kier molecular flexibility index (Phi) is 3.36. The third-order valence-electron chi connectivity index (χ3n) is 2.67. The number of halogens is 1. The molecular weight excluding hydrogens is 273 g/mol. The van der Waals surface area contributed by atoms with Crippen LogP contribution in [0.3, 0.4) is 0 Å². The van der Waals surface area contributed by atoms with E-state index in [0.29, 0.717) is 0 Å². The minimum atomic E-state index is -4.27. The summed E-state index contributed by atoms with van der Waals surface area (Å²) in [5, 5.41) is 2.45. The Labute approximate surface area is 110 Å². The summed E-state index contributed by atoms with van der Waals surface area (Å²) in [5.41, 5.74) is 5.70. The number of nitrogen functional groups attached to an aromatic ring is 1. The van der Waals surface area contributed by atoms with Gasteiger partial charge in [0.2, 0.25) is 0 Å². The summed E-state index contributed by atoms with van der Waals surface area (Å²) in [6, 6.07) is 1.44. The zero-order valence-electron chi connectivity index (χ0n) is 10.2. The van der Waals surface area contributed by atoms with E-state index in [0.717, 1.165) is 18.9 Å². The van der Waals surface area contributed by atoms with E-state index in [2.05, 4.69) is 5.32 Å². The van der Waals surface area contributed by atoms with E-state index >= 15 is 0 Å². The molecule has 104 valence electrons. The van der Waals surface area contributed by atoms with Crippen LogP contribution in [-0.4, -0.2) is 20.5 Å². The van der Waals surface area contributed by atoms with Crippen LogP contribution in [-0.2, 0) is 10.0 Å². The van der Waals surface area contributed by atoms with Crippen molar-refractivity contribution in [3.63, 3.8) is 0 Å². The molecule has 1 aromatic carbocycles. The third kappa shape index (κ3) is 3.14. The third-order valence-corrected chi connectivity index (χ3v) is 4.00. The maximum absolute atomic E-state index is 13.8. The molecule has 0 atom stereocenters. The van der Waals surface area contributed by atoms with Crippen LogP contribution >= 0.6 is 0 Å². The minimum absolute atomic E-state index is 0.00243. The highest BCUT2D eigenvalue weighted by Gasteiger charge is 2.27. The molecule has 1 fully saturated rings. The van der Waals surface area contributed by atoms with Crippen LogP contribution in [0.4, 0.5) is 14.9 Å². The minimum Gasteiger partial charge on any atom is -0.399 e. The molecule has 0 unspecified atom stereocenters. The molecule has 2 amide bonds. The van der Waals surface area contributed by atoms with E-state index in [9.17, 15) is 17.6 Å². The zero-order valence-corrected chi connectivity index (χ0v) is 11.1. The number of amides is 2. The van der Waals surface area contributed by atoms with Gasteiger partial charge in [0, 0.05) is 11.7 Å². The lowest BCUT2D eigenvalue weighted by molar-refractivity contribution is 0.245. The molecule has 8 heteroatoms. The fourth-order valence-corrected chi connectivity index (χ4v) is 2.68. The molecule has 1 aliphatic carbocycles. The van der Waals surface area contributed by atoms with Gasteiger partial charge in [-0.2, -0.15) is 0 Å². The van der Waals surface area contributed by atoms with Gasteiger partial charge in [0.15, 0.2) is 0 Å². The fraction of sp³-hybridized carbons (Fsp3) is 0.364. The van der Waals surface area contributed by atoms with Crippen molar-refractivity contribution in [2.75, 3.05) is 5.73 Å². The highest BCUT2D eigenvalue weighted by molar-refractivity contribution is 7.90. The quantitative estimate of drug-likeness (QED) is 0.718. The lowest BCUT2D eigenvalue weighted by atomic mass is 10.2. The van der Waals surface area contributed by atoms with E-state index < -0.39 is 26.8 Å². The molecule has 4 N–H and O–H groups in total. The fourth-order valence-electron chi connectivity index (χ4n) is 1.58. The van der Waals surface area contributed by atoms with Crippen molar-refractivity contribution in [3.05, 3.63) is 23.5 Å². The lowest BCUT2D eigenvalue weighted by Crippen LogP contribution is -2.40. The molecule has 0 aromatic heterocycles. The number of carbonyl (C=O) groups is 1. The number of aryl methyl sites for hydroxylation is 1. The first-order valence-electron chi connectivity index (χ1n) is 5.68. The Morgan fingerprint density at radius 2 is 2.05 bits per heavy atom. The van der Waals surface area contributed by atoms with Gasteiger partial charge in [-0.3, -0.25) is 0 Å². The molecule has 1 aliphatic rings. The monoisotopic (exact) mass is 287 g/mol. The standard InChI is InChI=1S/C11H14FN3O3S/c1-6-4-7(13)5-9(10(6)12)19(17,18)15-11(16)14-8-2-3-8/h4-5,8H,2-3,13H2,1H3,(H2,14,15,16). The van der Waals surface area contributed by atoms with Crippen molar-refractivity contribution in [3.8, 4) is 0 Å². The normalized spacial score (nSPS) is 15.1. The average molecular weight is 287 g/mol. The van der Waals surface area contributed by atoms with Crippen molar-refractivity contribution in [1.29, 1.82) is 0 Å². The number of rotatable bonds is 3. The van der Waals surface area contributed by atoms with E-state index in [1.54, 1.807) is 4.72 Å². The molecule has 6 nitrogen and oxygen atoms in total. The summed E-state index contributed by atoms with van der Waals surface area (Å²) >= 11 is 0. The van der Waals surface area contributed by atoms with Crippen molar-refractivity contribution in [2.24, 2.45) is 0 Å². The van der Waals surface area contributed by atoms with Crippen molar-refractivity contribution >= 4 is 21.7 Å². The van der Waals surface area contributed by atoms with Crippen molar-refractivity contribution in [2.45, 2.75) is 30.7 Å². The summed E-state index contributed by atoms with van der Waals surface area (Å²) in [7, 11) is -4.27. The van der Waals surface area contributed by atoms with Gasteiger partial charge < -0.3 is 11.1 Å². The molecule has 1 aromatic rings. The molecular formula is C11H14FN3O3S. The maximum atomic E-state index is 13.8. The predicted octanol–water partition coefficient (Wildman–Crippen LogP) is 0.867. The van der Waals surface area contributed by atoms with Crippen LogP contribution in [0.5, 0.6) is 0 Å². The number of urea groups is 1. The number of nitrogens with one attached hydrogen (secondary N) is 2. The first kappa shape index (κ1) is 13.6. The molecule has 0 spiro atoms. The second-order valence-corrected chi connectivity index (χ2v) is 6.15. The molecule has 0 radical (unpaired) electrons. The highest BCUT2D eigenvalue weighted by atomic mass is 32.2. The molecule has 0 heterocycles. The number of sulfonamides is 1. The van der Waals surface area contributed by atoms with Gasteiger partial charge in [0.05, 0.1) is 0 Å². The second kappa shape index (κ2) is 4.69. The van der Waals surface area contributed by atoms with Gasteiger partial charge in [-0.1, -0.05) is 0 Å². The van der Waals surface area contributed by atoms with Gasteiger partial charge in [-0.05, 0) is 37.5 Å². The molecule has 0 aliphatic heterocycles. The van der Waals surface area contributed by atoms with Crippen molar-refractivity contribution in [1.82, 2.24) is 10.0 Å². The average Bonchev–Trinajstić information content (AvgIpc) is 3.05. The Morgan fingerprint density at radius 3 is 2.63 bits per heavy atom. The number of benzene rings is 1. The first-order valence-corrected chi connectivity index (χ1v) is 7.17. The number of anilines is 1. The summed E-state index contributed by atoms with van der Waals surface area (Å²) in [4.78, 5) is 10.8. The van der Waals surface area contributed by atoms with Crippen LogP contribution in [0.15, 0.2) is 17.0 Å². The zero-order chi connectivity index (χ0) is 14.2. The Hall–Kier alpha value is -1.83. The van der Waals surface area contributed by atoms with Crippen LogP contribution in [0.2, 0.25) is 0 Å². The Balaban J connectivity index is 2.25. The number of hydrogen-bond acceptors (Lipinski definition) is 4. The lowest BCUT2D eigenvalue weighted by Gasteiger charge is -2.10. The van der Waals surface area contributed by atoms with Crippen LogP contribution in [0, 0.1) is 12.7 Å².